The molecule has 1 aliphatic carbocycles. The van der Waals surface area contributed by atoms with Crippen molar-refractivity contribution < 1.29 is 0 Å². The van der Waals surface area contributed by atoms with Gasteiger partial charge in [0.15, 0.2) is 5.82 Å². The molecule has 17 heavy (non-hydrogen) atoms. The molecule has 2 N–H and O–H groups in total. The highest BCUT2D eigenvalue weighted by atomic mass is 15.3. The maximum absolute atomic E-state index is 5.65. The standard InChI is InChI=1S/C13H22N4/c1-10(9-14)17(2)13-8-7-12(15-16-13)11-5-3-4-6-11/h7-8,10-11H,3-6,9,14H2,1-2H3. The highest BCUT2D eigenvalue weighted by molar-refractivity contribution is 5.37. The Balaban J connectivity index is 2.06. The van der Waals surface area contributed by atoms with E-state index in [4.69, 9.17) is 5.73 Å². The molecule has 1 aromatic rings. The first-order chi connectivity index (χ1) is 8.22. The quantitative estimate of drug-likeness (QED) is 0.864. The Morgan fingerprint density at radius 3 is 2.59 bits per heavy atom. The summed E-state index contributed by atoms with van der Waals surface area (Å²) in [6.45, 7) is 2.72. The fourth-order valence-electron chi connectivity index (χ4n) is 2.35. The van der Waals surface area contributed by atoms with Crippen LogP contribution in [0.15, 0.2) is 12.1 Å². The number of hydrogen-bond donors (Lipinski definition) is 1. The summed E-state index contributed by atoms with van der Waals surface area (Å²) in [7, 11) is 2.01. The molecule has 1 heterocycles. The van der Waals surface area contributed by atoms with E-state index >= 15 is 0 Å². The Kier molecular flexibility index (Phi) is 3.94. The van der Waals surface area contributed by atoms with Gasteiger partial charge in [0.1, 0.15) is 0 Å². The second kappa shape index (κ2) is 5.45. The third-order valence-electron chi connectivity index (χ3n) is 3.81. The zero-order valence-corrected chi connectivity index (χ0v) is 10.8. The van der Waals surface area contributed by atoms with Gasteiger partial charge in [0.25, 0.3) is 0 Å². The van der Waals surface area contributed by atoms with Gasteiger partial charge in [-0.05, 0) is 31.9 Å². The largest absolute Gasteiger partial charge is 0.354 e. The number of rotatable bonds is 4. The van der Waals surface area contributed by atoms with Crippen LogP contribution >= 0.6 is 0 Å². The lowest BCUT2D eigenvalue weighted by atomic mass is 10.0. The van der Waals surface area contributed by atoms with E-state index in [0.717, 1.165) is 11.5 Å². The van der Waals surface area contributed by atoms with Crippen LogP contribution in [0.5, 0.6) is 0 Å². The minimum Gasteiger partial charge on any atom is -0.354 e. The van der Waals surface area contributed by atoms with Crippen molar-refractivity contribution in [2.75, 3.05) is 18.5 Å². The van der Waals surface area contributed by atoms with Gasteiger partial charge in [0, 0.05) is 25.6 Å². The lowest BCUT2D eigenvalue weighted by Gasteiger charge is -2.24. The van der Waals surface area contributed by atoms with Crippen molar-refractivity contribution >= 4 is 5.82 Å². The molecular formula is C13H22N4. The lowest BCUT2D eigenvalue weighted by molar-refractivity contribution is 0.659. The Morgan fingerprint density at radius 1 is 1.35 bits per heavy atom. The van der Waals surface area contributed by atoms with Gasteiger partial charge < -0.3 is 10.6 Å². The first-order valence-corrected chi connectivity index (χ1v) is 6.49. The molecule has 0 aliphatic heterocycles. The maximum atomic E-state index is 5.65. The summed E-state index contributed by atoms with van der Waals surface area (Å²) < 4.78 is 0. The average Bonchev–Trinajstić information content (AvgIpc) is 2.91. The van der Waals surface area contributed by atoms with Gasteiger partial charge in [-0.15, -0.1) is 5.10 Å². The number of hydrogen-bond acceptors (Lipinski definition) is 4. The molecule has 0 aromatic carbocycles. The van der Waals surface area contributed by atoms with Crippen LogP contribution in [-0.4, -0.2) is 29.8 Å². The van der Waals surface area contributed by atoms with Gasteiger partial charge in [-0.3, -0.25) is 0 Å². The summed E-state index contributed by atoms with van der Waals surface area (Å²) >= 11 is 0. The number of nitrogens with zero attached hydrogens (tertiary/aromatic N) is 3. The highest BCUT2D eigenvalue weighted by Crippen LogP contribution is 2.32. The number of nitrogens with two attached hydrogens (primary N) is 1. The summed E-state index contributed by atoms with van der Waals surface area (Å²) in [6, 6.07) is 4.48. The van der Waals surface area contributed by atoms with Gasteiger partial charge in [-0.1, -0.05) is 12.8 Å². The molecule has 0 amide bonds. The molecule has 0 radical (unpaired) electrons. The van der Waals surface area contributed by atoms with E-state index in [1.54, 1.807) is 0 Å². The van der Waals surface area contributed by atoms with E-state index in [-0.39, 0.29) is 0 Å². The number of anilines is 1. The fraction of sp³-hybridized carbons (Fsp3) is 0.692. The Morgan fingerprint density at radius 2 is 2.06 bits per heavy atom. The second-order valence-corrected chi connectivity index (χ2v) is 4.99. The molecule has 2 rings (SSSR count). The van der Waals surface area contributed by atoms with Crippen LogP contribution in [0.1, 0.15) is 44.2 Å². The third kappa shape index (κ3) is 2.75. The van der Waals surface area contributed by atoms with Gasteiger partial charge in [0.2, 0.25) is 0 Å². The van der Waals surface area contributed by atoms with Crippen molar-refractivity contribution in [3.8, 4) is 0 Å². The third-order valence-corrected chi connectivity index (χ3v) is 3.81. The van der Waals surface area contributed by atoms with Crippen molar-refractivity contribution in [1.29, 1.82) is 0 Å². The summed E-state index contributed by atoms with van der Waals surface area (Å²) in [5, 5.41) is 8.68. The Bertz CT molecular complexity index is 343. The summed E-state index contributed by atoms with van der Waals surface area (Å²) in [4.78, 5) is 2.07. The van der Waals surface area contributed by atoms with Gasteiger partial charge >= 0.3 is 0 Å². The smallest absolute Gasteiger partial charge is 0.151 e. The van der Waals surface area contributed by atoms with Crippen LogP contribution in [0.3, 0.4) is 0 Å². The van der Waals surface area contributed by atoms with Gasteiger partial charge in [-0.25, -0.2) is 0 Å². The van der Waals surface area contributed by atoms with Gasteiger partial charge in [-0.2, -0.15) is 5.10 Å². The van der Waals surface area contributed by atoms with E-state index in [1.165, 1.54) is 25.7 Å². The second-order valence-electron chi connectivity index (χ2n) is 4.99. The molecule has 1 saturated carbocycles. The number of likely N-dealkylation sites (N-methyl/N-ethyl adjacent to an activating group) is 1. The van der Waals surface area contributed by atoms with E-state index in [2.05, 4.69) is 34.2 Å². The maximum Gasteiger partial charge on any atom is 0.151 e. The molecule has 1 fully saturated rings. The molecule has 0 bridgehead atoms. The van der Waals surface area contributed by atoms with Crippen LogP contribution in [-0.2, 0) is 0 Å². The highest BCUT2D eigenvalue weighted by Gasteiger charge is 2.19. The van der Waals surface area contributed by atoms with Crippen molar-refractivity contribution in [2.45, 2.75) is 44.6 Å². The summed E-state index contributed by atoms with van der Waals surface area (Å²) in [5.74, 6) is 1.54. The van der Waals surface area contributed by atoms with Crippen molar-refractivity contribution in [2.24, 2.45) is 5.73 Å². The topological polar surface area (TPSA) is 55.0 Å². The SMILES string of the molecule is CC(CN)N(C)c1ccc(C2CCCC2)nn1. The van der Waals surface area contributed by atoms with Crippen LogP contribution in [0, 0.1) is 0 Å². The zero-order valence-electron chi connectivity index (χ0n) is 10.8. The van der Waals surface area contributed by atoms with Crippen molar-refractivity contribution in [3.05, 3.63) is 17.8 Å². The predicted octanol–water partition coefficient (Wildman–Crippen LogP) is 1.92. The van der Waals surface area contributed by atoms with E-state index < -0.39 is 0 Å². The van der Waals surface area contributed by atoms with Crippen molar-refractivity contribution in [3.63, 3.8) is 0 Å². The molecule has 0 spiro atoms. The molecule has 94 valence electrons. The van der Waals surface area contributed by atoms with E-state index in [0.29, 0.717) is 18.5 Å². The molecule has 1 atom stereocenters. The van der Waals surface area contributed by atoms with Crippen molar-refractivity contribution in [1.82, 2.24) is 10.2 Å². The van der Waals surface area contributed by atoms with E-state index in [1.807, 2.05) is 7.05 Å². The van der Waals surface area contributed by atoms with Crippen LogP contribution in [0.2, 0.25) is 0 Å². The first-order valence-electron chi connectivity index (χ1n) is 6.49. The Hall–Kier alpha value is -1.16. The zero-order chi connectivity index (χ0) is 12.3. The lowest BCUT2D eigenvalue weighted by Crippen LogP contribution is -2.35. The van der Waals surface area contributed by atoms with E-state index in [9.17, 15) is 0 Å². The van der Waals surface area contributed by atoms with Crippen LogP contribution in [0.4, 0.5) is 5.82 Å². The minimum absolute atomic E-state index is 0.293. The summed E-state index contributed by atoms with van der Waals surface area (Å²) in [5.41, 5.74) is 6.80. The fourth-order valence-corrected chi connectivity index (χ4v) is 2.35. The minimum atomic E-state index is 0.293. The normalized spacial score (nSPS) is 18.3. The van der Waals surface area contributed by atoms with Crippen LogP contribution < -0.4 is 10.6 Å². The van der Waals surface area contributed by atoms with Gasteiger partial charge in [0.05, 0.1) is 5.69 Å². The molecular weight excluding hydrogens is 212 g/mol. The molecule has 4 heteroatoms. The van der Waals surface area contributed by atoms with Crippen LogP contribution in [0.25, 0.3) is 0 Å². The molecule has 1 aromatic heterocycles. The molecule has 1 unspecified atom stereocenters. The summed E-state index contributed by atoms with van der Waals surface area (Å²) in [6.07, 6.45) is 5.20. The molecule has 4 nitrogen and oxygen atoms in total. The number of aromatic nitrogens is 2. The predicted molar refractivity (Wildman–Crippen MR) is 70.2 cm³/mol. The molecule has 0 saturated heterocycles. The molecule has 1 aliphatic rings. The first kappa shape index (κ1) is 12.3. The monoisotopic (exact) mass is 234 g/mol. The average molecular weight is 234 g/mol. The Labute approximate surface area is 103 Å².